The number of hydrogen-bond donors (Lipinski definition) is 1. The second-order valence-corrected chi connectivity index (χ2v) is 7.21. The molecule has 0 aromatic carbocycles. The number of nitrogens with zero attached hydrogens (tertiary/aromatic N) is 4. The highest BCUT2D eigenvalue weighted by Gasteiger charge is 2.47. The molecule has 8 nitrogen and oxygen atoms in total. The summed E-state index contributed by atoms with van der Waals surface area (Å²) in [5, 5.41) is 11.0. The van der Waals surface area contributed by atoms with E-state index in [2.05, 4.69) is 15.6 Å². The Balaban J connectivity index is 1.66. The number of aromatic nitrogens is 3. The average molecular weight is 357 g/mol. The van der Waals surface area contributed by atoms with Crippen LogP contribution in [0.1, 0.15) is 48.7 Å². The average Bonchev–Trinajstić information content (AvgIpc) is 3.29. The quantitative estimate of drug-likeness (QED) is 0.904. The van der Waals surface area contributed by atoms with Crippen LogP contribution in [0.2, 0.25) is 0 Å². The normalized spacial score (nSPS) is 23.3. The fourth-order valence-electron chi connectivity index (χ4n) is 3.73. The minimum absolute atomic E-state index is 0.120. The van der Waals surface area contributed by atoms with Gasteiger partial charge in [-0.1, -0.05) is 5.16 Å². The molecule has 2 aliphatic rings. The van der Waals surface area contributed by atoms with E-state index in [4.69, 9.17) is 4.52 Å². The molecule has 0 radical (unpaired) electrons. The summed E-state index contributed by atoms with van der Waals surface area (Å²) < 4.78 is 6.99. The lowest BCUT2D eigenvalue weighted by Crippen LogP contribution is -2.48. The van der Waals surface area contributed by atoms with Gasteiger partial charge in [0.2, 0.25) is 17.7 Å². The number of rotatable bonds is 4. The summed E-state index contributed by atoms with van der Waals surface area (Å²) in [6, 6.07) is 1.82. The smallest absolute Gasteiger partial charge is 0.234 e. The molecule has 0 unspecified atom stereocenters. The lowest BCUT2D eigenvalue weighted by molar-refractivity contribution is -0.143. The Morgan fingerprint density at radius 3 is 2.65 bits per heavy atom. The Morgan fingerprint density at radius 1 is 1.31 bits per heavy atom. The van der Waals surface area contributed by atoms with E-state index in [0.717, 1.165) is 29.8 Å². The van der Waals surface area contributed by atoms with Crippen LogP contribution >= 0.6 is 0 Å². The fraction of sp³-hybridized carbons (Fsp3) is 0.556. The summed E-state index contributed by atoms with van der Waals surface area (Å²) in [4.78, 5) is 27.6. The van der Waals surface area contributed by atoms with E-state index in [1.54, 1.807) is 10.9 Å². The first kappa shape index (κ1) is 16.8. The molecule has 2 atom stereocenters. The van der Waals surface area contributed by atoms with E-state index in [-0.39, 0.29) is 29.8 Å². The van der Waals surface area contributed by atoms with Crippen molar-refractivity contribution in [3.63, 3.8) is 0 Å². The molecule has 1 aliphatic heterocycles. The van der Waals surface area contributed by atoms with Crippen LogP contribution < -0.4 is 5.32 Å². The van der Waals surface area contributed by atoms with E-state index in [1.807, 2.05) is 31.9 Å². The van der Waals surface area contributed by atoms with E-state index >= 15 is 0 Å². The third kappa shape index (κ3) is 2.79. The number of carbonyl (C=O) groups is 2. The summed E-state index contributed by atoms with van der Waals surface area (Å²) in [6.07, 6.45) is 4.59. The zero-order valence-electron chi connectivity index (χ0n) is 15.2. The summed E-state index contributed by atoms with van der Waals surface area (Å²) in [5.74, 6) is 0.00248. The summed E-state index contributed by atoms with van der Waals surface area (Å²) in [7, 11) is 1.85. The van der Waals surface area contributed by atoms with Crippen LogP contribution in [-0.2, 0) is 16.6 Å². The van der Waals surface area contributed by atoms with Gasteiger partial charge in [0.15, 0.2) is 0 Å². The molecule has 1 N–H and O–H groups in total. The van der Waals surface area contributed by atoms with Crippen molar-refractivity contribution in [2.45, 2.75) is 51.6 Å². The molecule has 26 heavy (non-hydrogen) atoms. The van der Waals surface area contributed by atoms with Gasteiger partial charge < -0.3 is 9.42 Å². The first-order chi connectivity index (χ1) is 12.5. The van der Waals surface area contributed by atoms with Crippen molar-refractivity contribution in [1.29, 1.82) is 0 Å². The molecular weight excluding hydrogens is 334 g/mol. The standard InChI is InChI=1S/C18H23N5O3/c1-10-11(2)21-26-18(10)20-17(25)13-6-7-15(24)23(12-4-5-12)16(13)14-8-9-19-22(14)3/h8-9,12-13,16H,4-7H2,1-3H3,(H,20,25)/t13-,16-/m0/s1. The summed E-state index contributed by atoms with van der Waals surface area (Å²) >= 11 is 0. The van der Waals surface area contributed by atoms with E-state index in [1.165, 1.54) is 0 Å². The number of nitrogens with one attached hydrogen (secondary N) is 1. The molecule has 3 heterocycles. The predicted molar refractivity (Wildman–Crippen MR) is 93.1 cm³/mol. The lowest BCUT2D eigenvalue weighted by Gasteiger charge is -2.40. The first-order valence-electron chi connectivity index (χ1n) is 9.00. The van der Waals surface area contributed by atoms with Crippen molar-refractivity contribution in [3.8, 4) is 0 Å². The van der Waals surface area contributed by atoms with Crippen molar-refractivity contribution < 1.29 is 14.1 Å². The van der Waals surface area contributed by atoms with Crippen molar-refractivity contribution in [2.75, 3.05) is 5.32 Å². The Bertz CT molecular complexity index is 851. The molecule has 2 aromatic heterocycles. The second kappa shape index (κ2) is 6.26. The van der Waals surface area contributed by atoms with Gasteiger partial charge in [0.1, 0.15) is 0 Å². The minimum atomic E-state index is -0.353. The molecule has 1 saturated carbocycles. The van der Waals surface area contributed by atoms with Gasteiger partial charge in [-0.15, -0.1) is 0 Å². The molecular formula is C18H23N5O3. The number of anilines is 1. The van der Waals surface area contributed by atoms with Gasteiger partial charge in [-0.2, -0.15) is 5.10 Å². The second-order valence-electron chi connectivity index (χ2n) is 7.21. The monoisotopic (exact) mass is 357 g/mol. The van der Waals surface area contributed by atoms with Crippen molar-refractivity contribution in [3.05, 3.63) is 29.2 Å². The molecule has 4 rings (SSSR count). The van der Waals surface area contributed by atoms with Gasteiger partial charge in [0.25, 0.3) is 0 Å². The van der Waals surface area contributed by atoms with Gasteiger partial charge in [-0.05, 0) is 39.2 Å². The molecule has 0 spiro atoms. The van der Waals surface area contributed by atoms with E-state index in [9.17, 15) is 9.59 Å². The largest absolute Gasteiger partial charge is 0.338 e. The van der Waals surface area contributed by atoms with E-state index < -0.39 is 0 Å². The number of piperidine rings is 1. The molecule has 8 heteroatoms. The zero-order valence-corrected chi connectivity index (χ0v) is 15.2. The molecule has 2 aromatic rings. The molecule has 138 valence electrons. The Labute approximate surface area is 151 Å². The van der Waals surface area contributed by atoms with Crippen LogP contribution in [0.3, 0.4) is 0 Å². The van der Waals surface area contributed by atoms with Gasteiger partial charge in [0.05, 0.1) is 23.3 Å². The molecule has 2 amide bonds. The van der Waals surface area contributed by atoms with Gasteiger partial charge in [-0.25, -0.2) is 0 Å². The number of carbonyl (C=O) groups excluding carboxylic acids is 2. The van der Waals surface area contributed by atoms with Crippen LogP contribution in [0.4, 0.5) is 5.88 Å². The van der Waals surface area contributed by atoms with Crippen LogP contribution in [0, 0.1) is 19.8 Å². The van der Waals surface area contributed by atoms with Crippen LogP contribution in [0.5, 0.6) is 0 Å². The molecule has 1 aliphatic carbocycles. The maximum Gasteiger partial charge on any atom is 0.234 e. The minimum Gasteiger partial charge on any atom is -0.338 e. The Morgan fingerprint density at radius 2 is 2.08 bits per heavy atom. The van der Waals surface area contributed by atoms with Crippen molar-refractivity contribution in [2.24, 2.45) is 13.0 Å². The maximum atomic E-state index is 13.1. The summed E-state index contributed by atoms with van der Waals surface area (Å²) in [6.45, 7) is 3.70. The fourth-order valence-corrected chi connectivity index (χ4v) is 3.73. The van der Waals surface area contributed by atoms with E-state index in [0.29, 0.717) is 18.7 Å². The number of likely N-dealkylation sites (tertiary alicyclic amines) is 1. The van der Waals surface area contributed by atoms with Crippen LogP contribution in [0.25, 0.3) is 0 Å². The lowest BCUT2D eigenvalue weighted by atomic mass is 9.85. The maximum absolute atomic E-state index is 13.1. The highest BCUT2D eigenvalue weighted by atomic mass is 16.5. The number of amides is 2. The highest BCUT2D eigenvalue weighted by Crippen LogP contribution is 2.43. The number of hydrogen-bond acceptors (Lipinski definition) is 5. The highest BCUT2D eigenvalue weighted by molar-refractivity contribution is 5.94. The van der Waals surface area contributed by atoms with Gasteiger partial charge in [0, 0.05) is 31.3 Å². The third-order valence-electron chi connectivity index (χ3n) is 5.47. The topological polar surface area (TPSA) is 93.3 Å². The van der Waals surface area contributed by atoms with Crippen LogP contribution in [-0.4, -0.2) is 37.7 Å². The van der Waals surface area contributed by atoms with Gasteiger partial charge in [-0.3, -0.25) is 19.6 Å². The SMILES string of the molecule is Cc1noc(NC(=O)[C@H]2CCC(=O)N(C3CC3)[C@@H]2c2ccnn2C)c1C. The summed E-state index contributed by atoms with van der Waals surface area (Å²) in [5.41, 5.74) is 2.46. The molecule has 0 bridgehead atoms. The van der Waals surface area contributed by atoms with Crippen molar-refractivity contribution in [1.82, 2.24) is 19.8 Å². The first-order valence-corrected chi connectivity index (χ1v) is 9.00. The van der Waals surface area contributed by atoms with Crippen molar-refractivity contribution >= 4 is 17.7 Å². The molecule has 2 fully saturated rings. The zero-order chi connectivity index (χ0) is 18.4. The van der Waals surface area contributed by atoms with Gasteiger partial charge >= 0.3 is 0 Å². The number of aryl methyl sites for hydroxylation is 2. The Hall–Kier alpha value is -2.64. The third-order valence-corrected chi connectivity index (χ3v) is 5.47. The molecule has 1 saturated heterocycles. The predicted octanol–water partition coefficient (Wildman–Crippen LogP) is 2.11. The Kier molecular flexibility index (Phi) is 4.05. The van der Waals surface area contributed by atoms with Crippen LogP contribution in [0.15, 0.2) is 16.8 Å².